The van der Waals surface area contributed by atoms with Crippen molar-refractivity contribution in [3.05, 3.63) is 81.0 Å². The summed E-state index contributed by atoms with van der Waals surface area (Å²) in [5.41, 5.74) is 3.78. The first kappa shape index (κ1) is 20.9. The molecule has 1 N–H and O–H groups in total. The summed E-state index contributed by atoms with van der Waals surface area (Å²) < 4.78 is 0.893. The van der Waals surface area contributed by atoms with Crippen LogP contribution in [0.2, 0.25) is 0 Å². The van der Waals surface area contributed by atoms with E-state index in [0.717, 1.165) is 54.9 Å². The molecule has 1 aliphatic rings. The van der Waals surface area contributed by atoms with Crippen LogP contribution in [0.15, 0.2) is 70.5 Å². The van der Waals surface area contributed by atoms with Crippen molar-refractivity contribution in [2.75, 3.05) is 42.9 Å². The third-order valence-electron chi connectivity index (χ3n) is 5.42. The number of carbonyl (C=O) groups excluding carboxylic acids is 1. The van der Waals surface area contributed by atoms with Crippen molar-refractivity contribution < 1.29 is 4.79 Å². The van der Waals surface area contributed by atoms with E-state index in [2.05, 4.69) is 80.7 Å². The zero-order valence-electron chi connectivity index (χ0n) is 16.9. The average molecular weight is 484 g/mol. The Balaban J connectivity index is 1.32. The second-order valence-electron chi connectivity index (χ2n) is 7.41. The lowest BCUT2D eigenvalue weighted by molar-refractivity contribution is 0.0751. The molecule has 1 saturated heterocycles. The molecule has 3 aromatic rings. The van der Waals surface area contributed by atoms with E-state index in [1.54, 1.807) is 0 Å². The number of nitrogens with zero attached hydrogens (tertiary/aromatic N) is 2. The molecule has 0 unspecified atom stereocenters. The summed E-state index contributed by atoms with van der Waals surface area (Å²) in [6.45, 7) is 4.11. The van der Waals surface area contributed by atoms with Gasteiger partial charge in [-0.15, -0.1) is 11.3 Å². The van der Waals surface area contributed by atoms with E-state index in [0.29, 0.717) is 0 Å². The molecule has 0 spiro atoms. The van der Waals surface area contributed by atoms with E-state index < -0.39 is 0 Å². The van der Waals surface area contributed by atoms with Gasteiger partial charge in [-0.25, -0.2) is 0 Å². The molecule has 30 heavy (non-hydrogen) atoms. The lowest BCUT2D eigenvalue weighted by atomic mass is 10.1. The predicted molar refractivity (Wildman–Crippen MR) is 130 cm³/mol. The Morgan fingerprint density at radius 2 is 1.70 bits per heavy atom. The van der Waals surface area contributed by atoms with E-state index in [1.165, 1.54) is 28.3 Å². The van der Waals surface area contributed by atoms with Gasteiger partial charge in [0.05, 0.1) is 11.4 Å². The lowest BCUT2D eigenvalue weighted by Crippen LogP contribution is -2.48. The first-order valence-corrected chi connectivity index (χ1v) is 12.0. The Morgan fingerprint density at radius 1 is 0.967 bits per heavy atom. The Labute approximate surface area is 190 Å². The molecule has 156 valence electrons. The highest BCUT2D eigenvalue weighted by Gasteiger charge is 2.25. The molecule has 2 heterocycles. The van der Waals surface area contributed by atoms with Gasteiger partial charge in [0, 0.05) is 37.2 Å². The number of hydrogen-bond donors (Lipinski definition) is 1. The van der Waals surface area contributed by atoms with Gasteiger partial charge in [-0.3, -0.25) is 4.79 Å². The molecular weight excluding hydrogens is 458 g/mol. The van der Waals surface area contributed by atoms with Gasteiger partial charge in [0.1, 0.15) is 4.88 Å². The number of nitrogens with one attached hydrogen (secondary N) is 1. The maximum atomic E-state index is 12.8. The van der Waals surface area contributed by atoms with Crippen LogP contribution < -0.4 is 10.2 Å². The molecule has 6 heteroatoms. The first-order valence-electron chi connectivity index (χ1n) is 10.4. The minimum atomic E-state index is 0.129. The Kier molecular flexibility index (Phi) is 7.07. The van der Waals surface area contributed by atoms with Gasteiger partial charge < -0.3 is 15.1 Å². The van der Waals surface area contributed by atoms with E-state index in [4.69, 9.17) is 0 Å². The van der Waals surface area contributed by atoms with Gasteiger partial charge in [0.15, 0.2) is 0 Å². The Bertz CT molecular complexity index is 967. The summed E-state index contributed by atoms with van der Waals surface area (Å²) in [5.74, 6) is 0.129. The molecule has 4 rings (SSSR count). The molecule has 0 atom stereocenters. The van der Waals surface area contributed by atoms with Crippen molar-refractivity contribution in [1.82, 2.24) is 4.90 Å². The fourth-order valence-corrected chi connectivity index (χ4v) is 5.31. The highest BCUT2D eigenvalue weighted by atomic mass is 79.9. The Hall–Kier alpha value is -2.31. The van der Waals surface area contributed by atoms with Gasteiger partial charge in [0.25, 0.3) is 5.91 Å². The number of aryl methyl sites for hydroxylation is 1. The molecule has 0 bridgehead atoms. The molecular formula is C24H26BrN3OS. The number of benzene rings is 2. The minimum absolute atomic E-state index is 0.129. The summed E-state index contributed by atoms with van der Waals surface area (Å²) in [6, 6.07) is 21.1. The Morgan fingerprint density at radius 3 is 2.43 bits per heavy atom. The highest BCUT2D eigenvalue weighted by molar-refractivity contribution is 9.10. The molecule has 0 aliphatic carbocycles. The van der Waals surface area contributed by atoms with E-state index in [9.17, 15) is 4.79 Å². The van der Waals surface area contributed by atoms with Crippen molar-refractivity contribution in [1.29, 1.82) is 0 Å². The zero-order valence-corrected chi connectivity index (χ0v) is 19.3. The van der Waals surface area contributed by atoms with Crippen LogP contribution in [0.1, 0.15) is 21.7 Å². The number of anilines is 2. The van der Waals surface area contributed by atoms with Crippen molar-refractivity contribution in [2.45, 2.75) is 12.8 Å². The molecule has 4 nitrogen and oxygen atoms in total. The van der Waals surface area contributed by atoms with Crippen LogP contribution in [0.5, 0.6) is 0 Å². The minimum Gasteiger partial charge on any atom is -0.383 e. The zero-order chi connectivity index (χ0) is 20.8. The van der Waals surface area contributed by atoms with Crippen LogP contribution in [0, 0.1) is 0 Å². The molecule has 1 amide bonds. The summed E-state index contributed by atoms with van der Waals surface area (Å²) >= 11 is 4.98. The second-order valence-corrected chi connectivity index (χ2v) is 9.18. The van der Waals surface area contributed by atoms with Crippen LogP contribution in [-0.4, -0.2) is 43.5 Å². The highest BCUT2D eigenvalue weighted by Crippen LogP contribution is 2.28. The number of hydrogen-bond acceptors (Lipinski definition) is 4. The number of thiophene rings is 1. The number of halogens is 1. The van der Waals surface area contributed by atoms with Gasteiger partial charge in [-0.1, -0.05) is 42.5 Å². The van der Waals surface area contributed by atoms with Gasteiger partial charge in [-0.05, 0) is 57.9 Å². The van der Waals surface area contributed by atoms with E-state index in [-0.39, 0.29) is 5.91 Å². The van der Waals surface area contributed by atoms with Gasteiger partial charge >= 0.3 is 0 Å². The van der Waals surface area contributed by atoms with E-state index >= 15 is 0 Å². The quantitative estimate of drug-likeness (QED) is 0.449. The summed E-state index contributed by atoms with van der Waals surface area (Å²) in [6.07, 6.45) is 2.17. The molecule has 1 fully saturated rings. The number of para-hydroxylation sites is 2. The molecule has 0 saturated carbocycles. The van der Waals surface area contributed by atoms with Crippen LogP contribution in [0.3, 0.4) is 0 Å². The number of piperazine rings is 1. The topological polar surface area (TPSA) is 35.6 Å². The second kappa shape index (κ2) is 10.1. The standard InChI is InChI=1S/C24H26BrN3OS/c25-20-12-18-30-23(20)24(29)28-16-14-27(15-17-28)22-11-5-4-10-21(22)26-13-6-9-19-7-2-1-3-8-19/h1-5,7-8,10-12,18,26H,6,9,13-17H2. The van der Waals surface area contributed by atoms with Gasteiger partial charge in [-0.2, -0.15) is 0 Å². The third-order valence-corrected chi connectivity index (χ3v) is 7.25. The predicted octanol–water partition coefficient (Wildman–Crippen LogP) is 5.52. The molecule has 1 aliphatic heterocycles. The largest absolute Gasteiger partial charge is 0.383 e. The van der Waals surface area contributed by atoms with Crippen LogP contribution >= 0.6 is 27.3 Å². The number of carbonyl (C=O) groups is 1. The summed E-state index contributed by atoms with van der Waals surface area (Å²) in [7, 11) is 0. The third kappa shape index (κ3) is 5.05. The van der Waals surface area contributed by atoms with Crippen LogP contribution in [-0.2, 0) is 6.42 Å². The maximum absolute atomic E-state index is 12.8. The summed E-state index contributed by atoms with van der Waals surface area (Å²) in [5, 5.41) is 5.57. The van der Waals surface area contributed by atoms with Crippen LogP contribution in [0.4, 0.5) is 11.4 Å². The first-order chi connectivity index (χ1) is 14.7. The van der Waals surface area contributed by atoms with E-state index in [1.807, 2.05) is 16.3 Å². The SMILES string of the molecule is O=C(c1sccc1Br)N1CCN(c2ccccc2NCCCc2ccccc2)CC1. The molecule has 1 aromatic heterocycles. The fraction of sp³-hybridized carbons (Fsp3) is 0.292. The number of rotatable bonds is 7. The van der Waals surface area contributed by atoms with Crippen molar-refractivity contribution in [3.63, 3.8) is 0 Å². The van der Waals surface area contributed by atoms with Crippen LogP contribution in [0.25, 0.3) is 0 Å². The molecule has 2 aromatic carbocycles. The number of amides is 1. The maximum Gasteiger partial charge on any atom is 0.265 e. The lowest BCUT2D eigenvalue weighted by Gasteiger charge is -2.37. The normalized spacial score (nSPS) is 14.0. The average Bonchev–Trinajstić information content (AvgIpc) is 3.23. The smallest absolute Gasteiger partial charge is 0.265 e. The van der Waals surface area contributed by atoms with Crippen molar-refractivity contribution in [3.8, 4) is 0 Å². The molecule has 0 radical (unpaired) electrons. The van der Waals surface area contributed by atoms with Gasteiger partial charge in [0.2, 0.25) is 0 Å². The van der Waals surface area contributed by atoms with Crippen molar-refractivity contribution in [2.24, 2.45) is 0 Å². The monoisotopic (exact) mass is 483 g/mol. The fourth-order valence-electron chi connectivity index (χ4n) is 3.80. The van der Waals surface area contributed by atoms with Crippen molar-refractivity contribution >= 4 is 44.5 Å². The summed E-state index contributed by atoms with van der Waals surface area (Å²) in [4.78, 5) is 17.9.